The number of guanidine groups is 1. The van der Waals surface area contributed by atoms with Gasteiger partial charge in [0.15, 0.2) is 5.96 Å². The van der Waals surface area contributed by atoms with Crippen molar-refractivity contribution in [3.63, 3.8) is 0 Å². The van der Waals surface area contributed by atoms with E-state index in [1.54, 1.807) is 12.4 Å². The highest BCUT2D eigenvalue weighted by molar-refractivity contribution is 5.79. The van der Waals surface area contributed by atoms with Crippen molar-refractivity contribution in [1.82, 2.24) is 25.1 Å². The molecule has 174 valence electrons. The molecular formula is C22H30F3N7. The zero-order valence-corrected chi connectivity index (χ0v) is 18.5. The fourth-order valence-corrected chi connectivity index (χ4v) is 3.54. The normalized spacial score (nSPS) is 15.7. The van der Waals surface area contributed by atoms with E-state index in [2.05, 4.69) is 25.1 Å². The van der Waals surface area contributed by atoms with E-state index < -0.39 is 11.7 Å². The van der Waals surface area contributed by atoms with Crippen LogP contribution < -0.4 is 10.2 Å². The van der Waals surface area contributed by atoms with E-state index in [0.717, 1.165) is 62.3 Å². The van der Waals surface area contributed by atoms with Crippen LogP contribution in [-0.4, -0.2) is 78.6 Å². The van der Waals surface area contributed by atoms with Gasteiger partial charge in [0.1, 0.15) is 0 Å². The average molecular weight is 450 g/mol. The molecule has 1 aromatic heterocycles. The number of hydrogen-bond acceptors (Lipinski definition) is 5. The predicted octanol–water partition coefficient (Wildman–Crippen LogP) is 2.71. The topological polar surface area (TPSA) is 59.9 Å². The summed E-state index contributed by atoms with van der Waals surface area (Å²) in [6.07, 6.45) is -0.805. The van der Waals surface area contributed by atoms with Crippen molar-refractivity contribution < 1.29 is 13.2 Å². The second-order valence-electron chi connectivity index (χ2n) is 7.66. The summed E-state index contributed by atoms with van der Waals surface area (Å²) in [6.45, 7) is 8.26. The molecule has 1 fully saturated rings. The second kappa shape index (κ2) is 11.1. The first-order valence-electron chi connectivity index (χ1n) is 10.8. The maximum absolute atomic E-state index is 12.8. The van der Waals surface area contributed by atoms with Gasteiger partial charge in [-0.1, -0.05) is 12.1 Å². The fourth-order valence-electron chi connectivity index (χ4n) is 3.54. The predicted molar refractivity (Wildman–Crippen MR) is 120 cm³/mol. The Balaban J connectivity index is 1.49. The van der Waals surface area contributed by atoms with Gasteiger partial charge in [0, 0.05) is 65.3 Å². The highest BCUT2D eigenvalue weighted by Gasteiger charge is 2.30. The molecule has 0 bridgehead atoms. The summed E-state index contributed by atoms with van der Waals surface area (Å²) in [5, 5.41) is 3.26. The van der Waals surface area contributed by atoms with Crippen LogP contribution >= 0.6 is 0 Å². The van der Waals surface area contributed by atoms with Crippen molar-refractivity contribution in [2.45, 2.75) is 19.6 Å². The minimum atomic E-state index is -4.32. The van der Waals surface area contributed by atoms with Gasteiger partial charge in [-0.05, 0) is 30.7 Å². The number of halogens is 3. The van der Waals surface area contributed by atoms with Crippen molar-refractivity contribution in [2.24, 2.45) is 4.99 Å². The Bertz CT molecular complexity index is 848. The van der Waals surface area contributed by atoms with Crippen molar-refractivity contribution in [3.05, 3.63) is 53.9 Å². The van der Waals surface area contributed by atoms with Gasteiger partial charge in [-0.15, -0.1) is 0 Å². The number of aliphatic imine (C=N–C) groups is 1. The number of piperazine rings is 1. The van der Waals surface area contributed by atoms with Crippen LogP contribution in [0.1, 0.15) is 18.1 Å². The number of nitrogens with zero attached hydrogens (tertiary/aromatic N) is 6. The van der Waals surface area contributed by atoms with Crippen molar-refractivity contribution in [2.75, 3.05) is 57.8 Å². The Labute approximate surface area is 187 Å². The van der Waals surface area contributed by atoms with Crippen LogP contribution in [0.3, 0.4) is 0 Å². The number of rotatable bonds is 7. The molecule has 1 aliphatic heterocycles. The van der Waals surface area contributed by atoms with E-state index in [1.807, 2.05) is 24.9 Å². The van der Waals surface area contributed by atoms with E-state index in [0.29, 0.717) is 19.6 Å². The lowest BCUT2D eigenvalue weighted by molar-refractivity contribution is -0.137. The zero-order valence-electron chi connectivity index (χ0n) is 18.5. The van der Waals surface area contributed by atoms with E-state index >= 15 is 0 Å². The smallest absolute Gasteiger partial charge is 0.357 e. The quantitative estimate of drug-likeness (QED) is 0.518. The third kappa shape index (κ3) is 6.81. The molecule has 1 N–H and O–H groups in total. The molecule has 3 rings (SSSR count). The first kappa shape index (κ1) is 23.8. The number of hydrogen-bond donors (Lipinski definition) is 1. The van der Waals surface area contributed by atoms with Crippen LogP contribution in [0.5, 0.6) is 0 Å². The standard InChI is InChI=1S/C22H30F3N7/c1-3-26-20(30(2)17-18-5-7-19(8-6-18)22(23,24)25)29-11-12-31-13-15-32(16-14-31)21-27-9-4-10-28-21/h4-10H,3,11-17H2,1-2H3,(H,26,29). The van der Waals surface area contributed by atoms with Crippen LogP contribution in [0.2, 0.25) is 0 Å². The SMILES string of the molecule is CCNC(=NCCN1CCN(c2ncccn2)CC1)N(C)Cc1ccc(C(F)(F)F)cc1. The van der Waals surface area contributed by atoms with Crippen molar-refractivity contribution >= 4 is 11.9 Å². The van der Waals surface area contributed by atoms with E-state index in [4.69, 9.17) is 4.99 Å². The largest absolute Gasteiger partial charge is 0.416 e. The molecule has 0 aliphatic carbocycles. The zero-order chi connectivity index (χ0) is 23.0. The molecular weight excluding hydrogens is 419 g/mol. The van der Waals surface area contributed by atoms with Gasteiger partial charge in [-0.2, -0.15) is 13.2 Å². The molecule has 0 saturated carbocycles. The molecule has 0 spiro atoms. The molecule has 0 amide bonds. The van der Waals surface area contributed by atoms with Crippen LogP contribution in [0.15, 0.2) is 47.7 Å². The monoisotopic (exact) mass is 449 g/mol. The maximum atomic E-state index is 12.8. The summed E-state index contributed by atoms with van der Waals surface area (Å²) in [7, 11) is 1.89. The first-order chi connectivity index (χ1) is 15.4. The minimum Gasteiger partial charge on any atom is -0.357 e. The van der Waals surface area contributed by atoms with E-state index in [-0.39, 0.29) is 0 Å². The number of alkyl halides is 3. The fraction of sp³-hybridized carbons (Fsp3) is 0.500. The summed E-state index contributed by atoms with van der Waals surface area (Å²) in [4.78, 5) is 19.8. The highest BCUT2D eigenvalue weighted by atomic mass is 19.4. The van der Waals surface area contributed by atoms with E-state index in [9.17, 15) is 13.2 Å². The molecule has 2 aromatic rings. The Morgan fingerprint density at radius 3 is 2.34 bits per heavy atom. The third-order valence-corrected chi connectivity index (χ3v) is 5.28. The lowest BCUT2D eigenvalue weighted by atomic mass is 10.1. The average Bonchev–Trinajstić information content (AvgIpc) is 2.79. The van der Waals surface area contributed by atoms with Gasteiger partial charge in [-0.25, -0.2) is 9.97 Å². The lowest BCUT2D eigenvalue weighted by Crippen LogP contribution is -2.47. The van der Waals surface area contributed by atoms with Gasteiger partial charge < -0.3 is 15.1 Å². The molecule has 10 heteroatoms. The van der Waals surface area contributed by atoms with Gasteiger partial charge >= 0.3 is 6.18 Å². The van der Waals surface area contributed by atoms with E-state index in [1.165, 1.54) is 12.1 Å². The summed E-state index contributed by atoms with van der Waals surface area (Å²) in [5.74, 6) is 1.51. The maximum Gasteiger partial charge on any atom is 0.416 e. The van der Waals surface area contributed by atoms with Crippen LogP contribution in [-0.2, 0) is 12.7 Å². The number of benzene rings is 1. The van der Waals surface area contributed by atoms with Crippen LogP contribution in [0.4, 0.5) is 19.1 Å². The Hall–Kier alpha value is -2.88. The summed E-state index contributed by atoms with van der Waals surface area (Å²) < 4.78 is 38.3. The first-order valence-corrected chi connectivity index (χ1v) is 10.8. The summed E-state index contributed by atoms with van der Waals surface area (Å²) >= 11 is 0. The van der Waals surface area contributed by atoms with Gasteiger partial charge in [0.2, 0.25) is 5.95 Å². The minimum absolute atomic E-state index is 0.472. The Kier molecular flexibility index (Phi) is 8.26. The molecule has 1 aliphatic rings. The second-order valence-corrected chi connectivity index (χ2v) is 7.66. The van der Waals surface area contributed by atoms with Crippen LogP contribution in [0, 0.1) is 0 Å². The summed E-state index contributed by atoms with van der Waals surface area (Å²) in [6, 6.07) is 7.08. The van der Waals surface area contributed by atoms with Crippen molar-refractivity contribution in [1.29, 1.82) is 0 Å². The number of aromatic nitrogens is 2. The molecule has 7 nitrogen and oxygen atoms in total. The van der Waals surface area contributed by atoms with Gasteiger partial charge in [0.25, 0.3) is 0 Å². The lowest BCUT2D eigenvalue weighted by Gasteiger charge is -2.34. The molecule has 1 aromatic carbocycles. The number of nitrogens with one attached hydrogen (secondary N) is 1. The molecule has 0 radical (unpaired) electrons. The molecule has 2 heterocycles. The number of anilines is 1. The van der Waals surface area contributed by atoms with Gasteiger partial charge in [-0.3, -0.25) is 9.89 Å². The molecule has 0 atom stereocenters. The molecule has 0 unspecified atom stereocenters. The third-order valence-electron chi connectivity index (χ3n) is 5.28. The van der Waals surface area contributed by atoms with Gasteiger partial charge in [0.05, 0.1) is 12.1 Å². The highest BCUT2D eigenvalue weighted by Crippen LogP contribution is 2.29. The Morgan fingerprint density at radius 1 is 1.09 bits per heavy atom. The summed E-state index contributed by atoms with van der Waals surface area (Å²) in [5.41, 5.74) is 0.161. The Morgan fingerprint density at radius 2 is 1.75 bits per heavy atom. The molecule has 32 heavy (non-hydrogen) atoms. The van der Waals surface area contributed by atoms with Crippen LogP contribution in [0.25, 0.3) is 0 Å². The molecule has 1 saturated heterocycles. The van der Waals surface area contributed by atoms with Crippen molar-refractivity contribution in [3.8, 4) is 0 Å².